The molecule has 2 atom stereocenters. The number of epoxide rings is 1. The molecule has 0 aliphatic carbocycles. The first kappa shape index (κ1) is 27.2. The van der Waals surface area contributed by atoms with Gasteiger partial charge >= 0.3 is 0 Å². The van der Waals surface area contributed by atoms with Gasteiger partial charge in [0.05, 0.1) is 43.3 Å². The van der Waals surface area contributed by atoms with Crippen molar-refractivity contribution in [2.75, 3.05) is 64.1 Å². The summed E-state index contributed by atoms with van der Waals surface area (Å²) < 4.78 is 26.4. The summed E-state index contributed by atoms with van der Waals surface area (Å²) in [7, 11) is -1.16. The SMILES string of the molecule is C[Si](C)(C)CCOCn1nc(-c2ccc(N3CCN4CCOC[C@H]4C3)c(OC[C@H]3CO3)c2)c2cc(Br)ncc21. The van der Waals surface area contributed by atoms with Gasteiger partial charge in [-0.1, -0.05) is 25.7 Å². The van der Waals surface area contributed by atoms with E-state index in [2.05, 4.69) is 68.6 Å². The highest BCUT2D eigenvalue weighted by Gasteiger charge is 2.31. The van der Waals surface area contributed by atoms with E-state index in [4.69, 9.17) is 24.0 Å². The Morgan fingerprint density at radius 2 is 2.00 bits per heavy atom. The van der Waals surface area contributed by atoms with E-state index in [0.717, 1.165) is 96.9 Å². The van der Waals surface area contributed by atoms with Gasteiger partial charge in [-0.25, -0.2) is 9.67 Å². The van der Waals surface area contributed by atoms with E-state index in [1.807, 2.05) is 16.9 Å². The van der Waals surface area contributed by atoms with Crippen LogP contribution >= 0.6 is 15.9 Å². The van der Waals surface area contributed by atoms with E-state index >= 15 is 0 Å². The highest BCUT2D eigenvalue weighted by Crippen LogP contribution is 2.37. The third-order valence-electron chi connectivity index (χ3n) is 7.65. The molecule has 0 amide bonds. The molecule has 3 fully saturated rings. The van der Waals surface area contributed by atoms with Crippen molar-refractivity contribution < 1.29 is 18.9 Å². The third kappa shape index (κ3) is 6.49. The lowest BCUT2D eigenvalue weighted by Crippen LogP contribution is -2.58. The Hall–Kier alpha value is -2.02. The Labute approximate surface area is 239 Å². The second-order valence-electron chi connectivity index (χ2n) is 11.9. The lowest BCUT2D eigenvalue weighted by molar-refractivity contribution is -0.0117. The van der Waals surface area contributed by atoms with Crippen molar-refractivity contribution in [3.05, 3.63) is 35.1 Å². The normalized spacial score (nSPS) is 21.8. The molecule has 210 valence electrons. The van der Waals surface area contributed by atoms with Crippen LogP contribution in [-0.4, -0.2) is 99.1 Å². The van der Waals surface area contributed by atoms with Crippen molar-refractivity contribution >= 4 is 40.6 Å². The van der Waals surface area contributed by atoms with Crippen molar-refractivity contribution in [2.45, 2.75) is 44.6 Å². The molecule has 39 heavy (non-hydrogen) atoms. The average Bonchev–Trinajstić information content (AvgIpc) is 3.69. The lowest BCUT2D eigenvalue weighted by Gasteiger charge is -2.44. The van der Waals surface area contributed by atoms with Gasteiger partial charge in [-0.3, -0.25) is 4.90 Å². The van der Waals surface area contributed by atoms with E-state index in [0.29, 0.717) is 19.4 Å². The molecule has 5 heterocycles. The van der Waals surface area contributed by atoms with Crippen LogP contribution in [0.25, 0.3) is 22.2 Å². The number of hydrogen-bond acceptors (Lipinski definition) is 8. The number of rotatable bonds is 10. The van der Waals surface area contributed by atoms with Crippen LogP contribution in [0.5, 0.6) is 5.75 Å². The molecule has 0 N–H and O–H groups in total. The van der Waals surface area contributed by atoms with Crippen molar-refractivity contribution in [1.82, 2.24) is 19.7 Å². The van der Waals surface area contributed by atoms with Crippen LogP contribution in [0.2, 0.25) is 25.7 Å². The summed E-state index contributed by atoms with van der Waals surface area (Å²) in [6.45, 7) is 15.1. The van der Waals surface area contributed by atoms with Gasteiger partial charge in [0.25, 0.3) is 0 Å². The molecular formula is C28H38BrN5O4Si. The summed E-state index contributed by atoms with van der Waals surface area (Å²) in [5, 5.41) is 6.04. The molecular weight excluding hydrogens is 578 g/mol. The van der Waals surface area contributed by atoms with Gasteiger partial charge < -0.3 is 23.8 Å². The number of pyridine rings is 1. The number of nitrogens with zero attached hydrogens (tertiary/aromatic N) is 5. The maximum absolute atomic E-state index is 6.38. The molecule has 2 aromatic heterocycles. The van der Waals surface area contributed by atoms with Gasteiger partial charge in [0.1, 0.15) is 35.5 Å². The van der Waals surface area contributed by atoms with Crippen LogP contribution in [0, 0.1) is 0 Å². The van der Waals surface area contributed by atoms with Gasteiger partial charge in [-0.2, -0.15) is 5.10 Å². The van der Waals surface area contributed by atoms with Gasteiger partial charge in [-0.15, -0.1) is 0 Å². The molecule has 3 saturated heterocycles. The Kier molecular flexibility index (Phi) is 7.98. The second kappa shape index (κ2) is 11.5. The van der Waals surface area contributed by atoms with Crippen LogP contribution in [0.1, 0.15) is 0 Å². The molecule has 9 nitrogen and oxygen atoms in total. The van der Waals surface area contributed by atoms with E-state index in [1.165, 1.54) is 0 Å². The molecule has 3 aliphatic heterocycles. The topological polar surface area (TPSA) is 77.4 Å². The highest BCUT2D eigenvalue weighted by atomic mass is 79.9. The second-order valence-corrected chi connectivity index (χ2v) is 18.3. The molecule has 3 aromatic rings. The first-order chi connectivity index (χ1) is 18.8. The predicted molar refractivity (Wildman–Crippen MR) is 158 cm³/mol. The zero-order valence-electron chi connectivity index (χ0n) is 23.1. The van der Waals surface area contributed by atoms with Gasteiger partial charge in [0, 0.05) is 51.8 Å². The van der Waals surface area contributed by atoms with Gasteiger partial charge in [0.2, 0.25) is 0 Å². The molecule has 0 saturated carbocycles. The average molecular weight is 617 g/mol. The van der Waals surface area contributed by atoms with E-state index in [1.54, 1.807) is 0 Å². The number of halogens is 1. The van der Waals surface area contributed by atoms with Gasteiger partial charge in [-0.05, 0) is 40.2 Å². The van der Waals surface area contributed by atoms with Crippen LogP contribution in [0.15, 0.2) is 35.1 Å². The minimum absolute atomic E-state index is 0.181. The van der Waals surface area contributed by atoms with Gasteiger partial charge in [0.15, 0.2) is 0 Å². The molecule has 3 aliphatic rings. The number of aromatic nitrogens is 3. The quantitative estimate of drug-likeness (QED) is 0.143. The minimum atomic E-state index is -1.16. The third-order valence-corrected chi connectivity index (χ3v) is 9.79. The summed E-state index contributed by atoms with van der Waals surface area (Å²) >= 11 is 3.55. The van der Waals surface area contributed by atoms with E-state index in [-0.39, 0.29) is 6.10 Å². The molecule has 0 spiro atoms. The van der Waals surface area contributed by atoms with E-state index in [9.17, 15) is 0 Å². The summed E-state index contributed by atoms with van der Waals surface area (Å²) in [5.74, 6) is 0.871. The number of ether oxygens (including phenoxy) is 4. The lowest BCUT2D eigenvalue weighted by atomic mass is 10.1. The number of morpholine rings is 1. The summed E-state index contributed by atoms with van der Waals surface area (Å²) in [6, 6.07) is 10.0. The van der Waals surface area contributed by atoms with Crippen LogP contribution in [0.3, 0.4) is 0 Å². The van der Waals surface area contributed by atoms with Crippen molar-refractivity contribution in [2.24, 2.45) is 0 Å². The number of fused-ring (bicyclic) bond motifs is 2. The zero-order chi connectivity index (χ0) is 27.0. The first-order valence-corrected chi connectivity index (χ1v) is 18.4. The zero-order valence-corrected chi connectivity index (χ0v) is 25.7. The molecule has 1 aromatic carbocycles. The predicted octanol–water partition coefficient (Wildman–Crippen LogP) is 4.47. The van der Waals surface area contributed by atoms with Crippen molar-refractivity contribution in [3.63, 3.8) is 0 Å². The molecule has 0 bridgehead atoms. The number of piperazine rings is 1. The standard InChI is InChI=1S/C28H38BrN5O4Si/c1-39(2,3)11-10-36-19-34-25-14-30-27(29)13-23(25)28(31-34)20-4-5-24(26(12-20)38-18-22-17-37-22)33-7-6-32-8-9-35-16-21(32)15-33/h4-5,12-14,21-22H,6-11,15-19H2,1-3H3/t21-,22-/m1/s1. The summed E-state index contributed by atoms with van der Waals surface area (Å²) in [4.78, 5) is 9.45. The van der Waals surface area contributed by atoms with Crippen LogP contribution < -0.4 is 9.64 Å². The molecule has 11 heteroatoms. The van der Waals surface area contributed by atoms with Crippen molar-refractivity contribution in [3.8, 4) is 17.0 Å². The maximum atomic E-state index is 6.38. The fraction of sp³-hybridized carbons (Fsp3) is 0.571. The fourth-order valence-corrected chi connectivity index (χ4v) is 6.33. The Bertz CT molecular complexity index is 1310. The minimum Gasteiger partial charge on any atom is -0.489 e. The van der Waals surface area contributed by atoms with Crippen LogP contribution in [-0.2, 0) is 20.9 Å². The first-order valence-electron chi connectivity index (χ1n) is 13.9. The monoisotopic (exact) mass is 615 g/mol. The number of benzene rings is 1. The Balaban J connectivity index is 1.29. The Morgan fingerprint density at radius 1 is 1.13 bits per heavy atom. The largest absolute Gasteiger partial charge is 0.489 e. The molecule has 0 unspecified atom stereocenters. The summed E-state index contributed by atoms with van der Waals surface area (Å²) in [5.41, 5.74) is 3.97. The van der Waals surface area contributed by atoms with Crippen LogP contribution in [0.4, 0.5) is 5.69 Å². The summed E-state index contributed by atoms with van der Waals surface area (Å²) in [6.07, 6.45) is 2.04. The maximum Gasteiger partial charge on any atom is 0.143 e. The highest BCUT2D eigenvalue weighted by molar-refractivity contribution is 9.10. The number of anilines is 1. The Morgan fingerprint density at radius 3 is 2.82 bits per heavy atom. The van der Waals surface area contributed by atoms with E-state index < -0.39 is 8.07 Å². The van der Waals surface area contributed by atoms with Crippen molar-refractivity contribution in [1.29, 1.82) is 0 Å². The molecule has 0 radical (unpaired) electrons. The number of hydrogen-bond donors (Lipinski definition) is 0. The fourth-order valence-electron chi connectivity index (χ4n) is 5.24. The molecule has 6 rings (SSSR count). The smallest absolute Gasteiger partial charge is 0.143 e.